The maximum atomic E-state index is 9.59. The van der Waals surface area contributed by atoms with Crippen molar-refractivity contribution < 1.29 is 4.79 Å². The van der Waals surface area contributed by atoms with Gasteiger partial charge in [0.05, 0.1) is 0 Å². The van der Waals surface area contributed by atoms with Gasteiger partial charge in [0.1, 0.15) is 0 Å². The van der Waals surface area contributed by atoms with Gasteiger partial charge >= 0.3 is 0 Å². The third kappa shape index (κ3) is 8.89. The maximum Gasteiger partial charge on any atom is 0.217 e. The molecule has 2 N–H and O–H groups in total. The van der Waals surface area contributed by atoms with Gasteiger partial charge < -0.3 is 5.73 Å². The highest BCUT2D eigenvalue weighted by molar-refractivity contribution is 14.0. The predicted molar refractivity (Wildman–Crippen MR) is 34.9 cm³/mol. The minimum absolute atomic E-state index is 0. The minimum atomic E-state index is -0.245. The highest BCUT2D eigenvalue weighted by Gasteiger charge is 1.77. The smallest absolute Gasteiger partial charge is 0.217 e. The molecule has 0 atom stereocenters. The first-order chi connectivity index (χ1) is 2.27. The van der Waals surface area contributed by atoms with E-state index in [4.69, 9.17) is 0 Å². The molecule has 0 saturated heterocycles. The van der Waals surface area contributed by atoms with Crippen LogP contribution in [0.15, 0.2) is 0 Å². The first-order valence-electron chi connectivity index (χ1n) is 1.55. The van der Waals surface area contributed by atoms with Crippen molar-refractivity contribution in [2.24, 2.45) is 5.73 Å². The van der Waals surface area contributed by atoms with Crippen LogP contribution < -0.4 is 5.73 Å². The number of carbonyl (C=O) groups excluding carboxylic acids is 1. The van der Waals surface area contributed by atoms with Gasteiger partial charge in [0.25, 0.3) is 0 Å². The lowest BCUT2D eigenvalue weighted by Crippen LogP contribution is -2.06. The normalized spacial score (nSPS) is 6.17. The molecule has 0 aliphatic heterocycles. The number of nitrogens with two attached hydrogens (primary N) is 1. The van der Waals surface area contributed by atoms with Crippen LogP contribution in [-0.4, -0.2) is 5.91 Å². The molecule has 0 heterocycles. The van der Waals surface area contributed by atoms with Crippen LogP contribution in [-0.2, 0) is 4.79 Å². The van der Waals surface area contributed by atoms with Crippen molar-refractivity contribution >= 4 is 29.9 Å². The Hall–Kier alpha value is 0.200. The van der Waals surface area contributed by atoms with E-state index in [9.17, 15) is 4.79 Å². The van der Waals surface area contributed by atoms with E-state index in [0.29, 0.717) is 6.42 Å². The summed E-state index contributed by atoms with van der Waals surface area (Å²) in [6.07, 6.45) is 0.444. The quantitative estimate of drug-likeness (QED) is 0.616. The van der Waals surface area contributed by atoms with Gasteiger partial charge in [-0.2, -0.15) is 0 Å². The topological polar surface area (TPSA) is 43.1 Å². The summed E-state index contributed by atoms with van der Waals surface area (Å²) >= 11 is 0. The van der Waals surface area contributed by atoms with Gasteiger partial charge in [-0.05, 0) is 0 Å². The van der Waals surface area contributed by atoms with Crippen molar-refractivity contribution in [1.82, 2.24) is 0 Å². The lowest BCUT2D eigenvalue weighted by Gasteiger charge is -1.73. The fourth-order valence-electron chi connectivity index (χ4n) is 0. The van der Waals surface area contributed by atoms with Crippen LogP contribution in [0.3, 0.4) is 0 Å². The second-order valence-electron chi connectivity index (χ2n) is 0.820. The predicted octanol–water partition coefficient (Wildman–Crippen LogP) is 0.500. The first kappa shape index (κ1) is 9.50. The van der Waals surface area contributed by atoms with Crippen LogP contribution in [0.5, 0.6) is 0 Å². The Morgan fingerprint density at radius 2 is 2.00 bits per heavy atom. The third-order valence-electron chi connectivity index (χ3n) is 0.348. The summed E-state index contributed by atoms with van der Waals surface area (Å²) in [6, 6.07) is 0. The maximum absolute atomic E-state index is 9.59. The fourth-order valence-corrected chi connectivity index (χ4v) is 0. The molecule has 0 rings (SSSR count). The Balaban J connectivity index is 0. The second-order valence-corrected chi connectivity index (χ2v) is 0.820. The molecule has 0 bridgehead atoms. The van der Waals surface area contributed by atoms with Crippen LogP contribution in [0.1, 0.15) is 13.3 Å². The lowest BCUT2D eigenvalue weighted by atomic mass is 10.5. The zero-order valence-corrected chi connectivity index (χ0v) is 5.93. The molecule has 0 aliphatic carbocycles. The largest absolute Gasteiger partial charge is 0.370 e. The van der Waals surface area contributed by atoms with Gasteiger partial charge in [-0.1, -0.05) is 6.92 Å². The van der Waals surface area contributed by atoms with E-state index in [0.717, 1.165) is 0 Å². The molecule has 0 aromatic rings. The standard InChI is InChI=1S/C3H7NO.HI/c1-2-3(4)5;/h2H2,1H3,(H2,4,5);1H. The van der Waals surface area contributed by atoms with E-state index in [1.165, 1.54) is 0 Å². The summed E-state index contributed by atoms with van der Waals surface area (Å²) in [5.74, 6) is -0.245. The Morgan fingerprint density at radius 3 is 2.00 bits per heavy atom. The average Bonchev–Trinajstić information content (AvgIpc) is 1.38. The zero-order valence-electron chi connectivity index (χ0n) is 3.60. The molecule has 0 radical (unpaired) electrons. The van der Waals surface area contributed by atoms with Crippen molar-refractivity contribution in [2.75, 3.05) is 0 Å². The van der Waals surface area contributed by atoms with Crippen LogP contribution in [0, 0.1) is 0 Å². The number of hydrogen-bond acceptors (Lipinski definition) is 1. The fraction of sp³-hybridized carbons (Fsp3) is 0.667. The molecule has 2 nitrogen and oxygen atoms in total. The molecule has 0 spiro atoms. The van der Waals surface area contributed by atoms with Gasteiger partial charge in [-0.3, -0.25) is 4.79 Å². The molecular weight excluding hydrogens is 193 g/mol. The van der Waals surface area contributed by atoms with Crippen molar-refractivity contribution in [1.29, 1.82) is 0 Å². The molecule has 0 aromatic heterocycles. The highest BCUT2D eigenvalue weighted by atomic mass is 127. The molecular formula is C3H8INO. The first-order valence-corrected chi connectivity index (χ1v) is 1.55. The molecule has 0 fully saturated rings. The van der Waals surface area contributed by atoms with Crippen molar-refractivity contribution in [3.63, 3.8) is 0 Å². The van der Waals surface area contributed by atoms with Gasteiger partial charge in [0.2, 0.25) is 5.91 Å². The monoisotopic (exact) mass is 201 g/mol. The van der Waals surface area contributed by atoms with Gasteiger partial charge in [-0.15, -0.1) is 24.0 Å². The summed E-state index contributed by atoms with van der Waals surface area (Å²) in [5, 5.41) is 0. The molecule has 3 heteroatoms. The summed E-state index contributed by atoms with van der Waals surface area (Å²) in [4.78, 5) is 9.59. The van der Waals surface area contributed by atoms with E-state index in [2.05, 4.69) is 5.73 Å². The van der Waals surface area contributed by atoms with E-state index in [1.807, 2.05) is 0 Å². The summed E-state index contributed by atoms with van der Waals surface area (Å²) < 4.78 is 0. The Morgan fingerprint density at radius 1 is 1.83 bits per heavy atom. The SMILES string of the molecule is CCC(N)=O.I. The Labute approximate surface area is 54.1 Å². The molecule has 0 saturated carbocycles. The van der Waals surface area contributed by atoms with Crippen LogP contribution >= 0.6 is 24.0 Å². The Kier molecular flexibility index (Phi) is 8.24. The Bertz CT molecular complexity index is 46.1. The van der Waals surface area contributed by atoms with Crippen LogP contribution in [0.2, 0.25) is 0 Å². The van der Waals surface area contributed by atoms with E-state index >= 15 is 0 Å². The van der Waals surface area contributed by atoms with Gasteiger partial charge in [-0.25, -0.2) is 0 Å². The molecule has 0 aliphatic rings. The summed E-state index contributed by atoms with van der Waals surface area (Å²) in [5.41, 5.74) is 4.65. The van der Waals surface area contributed by atoms with Crippen molar-refractivity contribution in [2.45, 2.75) is 13.3 Å². The number of amides is 1. The number of hydrogen-bond donors (Lipinski definition) is 1. The number of rotatable bonds is 1. The highest BCUT2D eigenvalue weighted by Crippen LogP contribution is 1.63. The number of halogens is 1. The summed E-state index contributed by atoms with van der Waals surface area (Å²) in [7, 11) is 0. The van der Waals surface area contributed by atoms with E-state index in [-0.39, 0.29) is 29.9 Å². The zero-order chi connectivity index (χ0) is 4.28. The minimum Gasteiger partial charge on any atom is -0.370 e. The third-order valence-corrected chi connectivity index (χ3v) is 0.348. The van der Waals surface area contributed by atoms with Gasteiger partial charge in [0.15, 0.2) is 0 Å². The summed E-state index contributed by atoms with van der Waals surface area (Å²) in [6.45, 7) is 1.72. The van der Waals surface area contributed by atoms with Crippen LogP contribution in [0.4, 0.5) is 0 Å². The molecule has 6 heavy (non-hydrogen) atoms. The van der Waals surface area contributed by atoms with E-state index in [1.54, 1.807) is 6.92 Å². The van der Waals surface area contributed by atoms with Crippen molar-refractivity contribution in [3.05, 3.63) is 0 Å². The lowest BCUT2D eigenvalue weighted by molar-refractivity contribution is -0.117. The molecule has 1 amide bonds. The van der Waals surface area contributed by atoms with Crippen LogP contribution in [0.25, 0.3) is 0 Å². The second kappa shape index (κ2) is 5.20. The molecule has 0 unspecified atom stereocenters. The van der Waals surface area contributed by atoms with Gasteiger partial charge in [0, 0.05) is 6.42 Å². The van der Waals surface area contributed by atoms with E-state index < -0.39 is 0 Å². The number of primary amides is 1. The molecule has 38 valence electrons. The number of carbonyl (C=O) groups is 1. The van der Waals surface area contributed by atoms with Crippen molar-refractivity contribution in [3.8, 4) is 0 Å². The molecule has 0 aromatic carbocycles. The average molecular weight is 201 g/mol.